The van der Waals surface area contributed by atoms with Crippen LogP contribution in [0.25, 0.3) is 10.8 Å². The number of anilines is 1. The lowest BCUT2D eigenvalue weighted by Crippen LogP contribution is -2.46. The summed E-state index contributed by atoms with van der Waals surface area (Å²) in [6.45, 7) is 1.81. The molecule has 1 saturated heterocycles. The fraction of sp³-hybridized carbons (Fsp3) is 0.216. The number of para-hydroxylation sites is 1. The number of nitrogens with one attached hydrogen (secondary N) is 1. The summed E-state index contributed by atoms with van der Waals surface area (Å²) in [7, 11) is 0. The lowest BCUT2D eigenvalue weighted by molar-refractivity contribution is -0.139. The van der Waals surface area contributed by atoms with Crippen molar-refractivity contribution in [2.24, 2.45) is 5.92 Å². The van der Waals surface area contributed by atoms with Crippen molar-refractivity contribution >= 4 is 22.4 Å². The number of piperidine rings is 1. The fourth-order valence-corrected chi connectivity index (χ4v) is 5.97. The number of benzene rings is 5. The summed E-state index contributed by atoms with van der Waals surface area (Å²) in [4.78, 5) is 16.3. The number of hydrogen-bond acceptors (Lipinski definition) is 3. The van der Waals surface area contributed by atoms with Crippen molar-refractivity contribution in [2.75, 3.05) is 18.0 Å². The van der Waals surface area contributed by atoms with Crippen LogP contribution in [0.15, 0.2) is 121 Å². The van der Waals surface area contributed by atoms with Crippen molar-refractivity contribution in [3.63, 3.8) is 0 Å². The summed E-state index contributed by atoms with van der Waals surface area (Å²) < 4.78 is 45.7. The number of fused-ring (bicyclic) bond motifs is 1. The highest BCUT2D eigenvalue weighted by Crippen LogP contribution is 2.37. The first-order valence-corrected chi connectivity index (χ1v) is 14.8. The first-order valence-electron chi connectivity index (χ1n) is 14.8. The van der Waals surface area contributed by atoms with Crippen LogP contribution in [-0.2, 0) is 24.1 Å². The third-order valence-corrected chi connectivity index (χ3v) is 8.29. The van der Waals surface area contributed by atoms with Crippen LogP contribution < -0.4 is 15.0 Å². The number of ether oxygens (including phenoxy) is 1. The van der Waals surface area contributed by atoms with Gasteiger partial charge in [0.1, 0.15) is 12.4 Å². The Morgan fingerprint density at radius 1 is 0.795 bits per heavy atom. The highest BCUT2D eigenvalue weighted by atomic mass is 19.4. The SMILES string of the molecule is O=C(C1CNCCC1c1ccc(COc2ccccc2C(F)(F)F)cc1)N(Cc1ccccc1)c1ccc2ccccc2c1. The standard InChI is InChI=1S/C37H33F3N2O2/c38-37(39,40)34-12-6-7-13-35(34)44-25-27-14-16-29(17-15-27)32-20-21-41-23-33(32)36(43)42(24-26-8-2-1-3-9-26)31-19-18-28-10-4-5-11-30(28)22-31/h1-19,22,32-33,41H,20-21,23-25H2. The van der Waals surface area contributed by atoms with Gasteiger partial charge in [-0.05, 0) is 70.6 Å². The Bertz CT molecular complexity index is 1720. The first-order chi connectivity index (χ1) is 21.4. The Morgan fingerprint density at radius 2 is 1.50 bits per heavy atom. The van der Waals surface area contributed by atoms with Gasteiger partial charge in [-0.1, -0.05) is 97.1 Å². The molecule has 7 heteroatoms. The van der Waals surface area contributed by atoms with Crippen molar-refractivity contribution in [1.29, 1.82) is 0 Å². The number of alkyl halides is 3. The van der Waals surface area contributed by atoms with Gasteiger partial charge >= 0.3 is 6.18 Å². The third kappa shape index (κ3) is 6.63. The molecule has 2 unspecified atom stereocenters. The zero-order valence-corrected chi connectivity index (χ0v) is 24.1. The van der Waals surface area contributed by atoms with Crippen LogP contribution in [0.2, 0.25) is 0 Å². The van der Waals surface area contributed by atoms with Gasteiger partial charge in [0.15, 0.2) is 0 Å². The summed E-state index contributed by atoms with van der Waals surface area (Å²) >= 11 is 0. The van der Waals surface area contributed by atoms with Crippen LogP contribution in [0.1, 0.15) is 34.6 Å². The number of carbonyl (C=O) groups is 1. The molecule has 0 aliphatic carbocycles. The average molecular weight is 595 g/mol. The van der Waals surface area contributed by atoms with Gasteiger partial charge < -0.3 is 15.0 Å². The molecular formula is C37H33F3N2O2. The second kappa shape index (κ2) is 12.9. The van der Waals surface area contributed by atoms with Crippen molar-refractivity contribution in [3.8, 4) is 5.75 Å². The first kappa shape index (κ1) is 29.5. The number of rotatable bonds is 8. The summed E-state index contributed by atoms with van der Waals surface area (Å²) in [6.07, 6.45) is -3.69. The minimum atomic E-state index is -4.49. The number of hydrogen-bond donors (Lipinski definition) is 1. The Morgan fingerprint density at radius 3 is 2.27 bits per heavy atom. The molecule has 5 aromatic carbocycles. The summed E-state index contributed by atoms with van der Waals surface area (Å²) in [5.41, 5.74) is 2.89. The third-order valence-electron chi connectivity index (χ3n) is 8.29. The maximum Gasteiger partial charge on any atom is 0.419 e. The lowest BCUT2D eigenvalue weighted by Gasteiger charge is -2.36. The van der Waals surface area contributed by atoms with Gasteiger partial charge in [0.2, 0.25) is 5.91 Å². The predicted molar refractivity (Wildman–Crippen MR) is 168 cm³/mol. The minimum absolute atomic E-state index is 0.00870. The molecule has 4 nitrogen and oxygen atoms in total. The molecule has 1 fully saturated rings. The van der Waals surface area contributed by atoms with Crippen LogP contribution in [0, 0.1) is 5.92 Å². The molecule has 5 aromatic rings. The molecule has 0 radical (unpaired) electrons. The number of halogens is 3. The second-order valence-corrected chi connectivity index (χ2v) is 11.2. The molecular weight excluding hydrogens is 561 g/mol. The Balaban J connectivity index is 1.24. The van der Waals surface area contributed by atoms with Gasteiger partial charge in [-0.25, -0.2) is 0 Å². The molecule has 1 N–H and O–H groups in total. The Kier molecular flexibility index (Phi) is 8.66. The van der Waals surface area contributed by atoms with E-state index in [1.165, 1.54) is 18.2 Å². The molecule has 0 saturated carbocycles. The Labute approximate surface area is 255 Å². The summed E-state index contributed by atoms with van der Waals surface area (Å²) in [6, 6.07) is 37.2. The van der Waals surface area contributed by atoms with E-state index in [-0.39, 0.29) is 30.1 Å². The molecule has 0 spiro atoms. The van der Waals surface area contributed by atoms with E-state index in [0.29, 0.717) is 13.1 Å². The largest absolute Gasteiger partial charge is 0.488 e. The van der Waals surface area contributed by atoms with E-state index < -0.39 is 11.7 Å². The second-order valence-electron chi connectivity index (χ2n) is 11.2. The van der Waals surface area contributed by atoms with E-state index in [0.717, 1.165) is 52.2 Å². The van der Waals surface area contributed by atoms with E-state index in [4.69, 9.17) is 4.74 Å². The quantitative estimate of drug-likeness (QED) is 0.196. The van der Waals surface area contributed by atoms with Gasteiger partial charge in [-0.3, -0.25) is 4.79 Å². The predicted octanol–water partition coefficient (Wildman–Crippen LogP) is 8.36. The van der Waals surface area contributed by atoms with Gasteiger partial charge in [-0.2, -0.15) is 13.2 Å². The number of amides is 1. The molecule has 0 aromatic heterocycles. The highest BCUT2D eigenvalue weighted by Gasteiger charge is 2.36. The van der Waals surface area contributed by atoms with Crippen molar-refractivity contribution in [2.45, 2.75) is 31.7 Å². The molecule has 1 aliphatic rings. The van der Waals surface area contributed by atoms with Crippen molar-refractivity contribution in [3.05, 3.63) is 144 Å². The maximum absolute atomic E-state index is 14.4. The summed E-state index contributed by atoms with van der Waals surface area (Å²) in [5.74, 6) is -0.444. The van der Waals surface area contributed by atoms with Gasteiger partial charge in [0.25, 0.3) is 0 Å². The Hall–Kier alpha value is -4.62. The van der Waals surface area contributed by atoms with Gasteiger partial charge in [0, 0.05) is 12.2 Å². The van der Waals surface area contributed by atoms with E-state index in [1.807, 2.05) is 77.7 Å². The van der Waals surface area contributed by atoms with Gasteiger partial charge in [-0.15, -0.1) is 0 Å². The molecule has 6 rings (SSSR count). The molecule has 1 amide bonds. The van der Waals surface area contributed by atoms with Crippen LogP contribution in [-0.4, -0.2) is 19.0 Å². The van der Waals surface area contributed by atoms with Crippen LogP contribution in [0.5, 0.6) is 5.75 Å². The molecule has 1 heterocycles. The summed E-state index contributed by atoms with van der Waals surface area (Å²) in [5, 5.41) is 5.61. The zero-order valence-electron chi connectivity index (χ0n) is 24.1. The molecule has 1 aliphatic heterocycles. The monoisotopic (exact) mass is 594 g/mol. The van der Waals surface area contributed by atoms with Crippen LogP contribution in [0.3, 0.4) is 0 Å². The number of nitrogens with zero attached hydrogens (tertiary/aromatic N) is 1. The molecule has 0 bridgehead atoms. The van der Waals surface area contributed by atoms with Gasteiger partial charge in [0.05, 0.1) is 18.0 Å². The smallest absolute Gasteiger partial charge is 0.419 e. The minimum Gasteiger partial charge on any atom is -0.488 e. The van der Waals surface area contributed by atoms with E-state index in [2.05, 4.69) is 29.6 Å². The normalized spacial score (nSPS) is 16.9. The zero-order chi connectivity index (χ0) is 30.5. The van der Waals surface area contributed by atoms with E-state index in [1.54, 1.807) is 0 Å². The molecule has 44 heavy (non-hydrogen) atoms. The lowest BCUT2D eigenvalue weighted by atomic mass is 9.80. The highest BCUT2D eigenvalue weighted by molar-refractivity contribution is 5.98. The maximum atomic E-state index is 14.4. The molecule has 224 valence electrons. The molecule has 2 atom stereocenters. The van der Waals surface area contributed by atoms with Crippen molar-refractivity contribution < 1.29 is 22.7 Å². The number of carbonyl (C=O) groups excluding carboxylic acids is 1. The van der Waals surface area contributed by atoms with Crippen LogP contribution in [0.4, 0.5) is 18.9 Å². The fourth-order valence-electron chi connectivity index (χ4n) is 5.97. The topological polar surface area (TPSA) is 41.6 Å². The van der Waals surface area contributed by atoms with Crippen molar-refractivity contribution in [1.82, 2.24) is 5.32 Å². The van der Waals surface area contributed by atoms with Crippen LogP contribution >= 0.6 is 0 Å². The average Bonchev–Trinajstić information content (AvgIpc) is 3.06. The van der Waals surface area contributed by atoms with E-state index >= 15 is 0 Å². The van der Waals surface area contributed by atoms with E-state index in [9.17, 15) is 18.0 Å².